The van der Waals surface area contributed by atoms with Crippen LogP contribution in [0.5, 0.6) is 11.5 Å². The lowest BCUT2D eigenvalue weighted by Gasteiger charge is -2.42. The number of hydrogen-bond acceptors (Lipinski definition) is 3. The lowest BCUT2D eigenvalue weighted by Crippen LogP contribution is -2.33. The summed E-state index contributed by atoms with van der Waals surface area (Å²) in [4.78, 5) is 2.35. The zero-order valence-corrected chi connectivity index (χ0v) is 40.1. The Kier molecular flexibility index (Phi) is 8.66. The number of anilines is 3. The first-order chi connectivity index (χ1) is 36.7. The highest BCUT2D eigenvalue weighted by Gasteiger charge is 2.54. The fourth-order valence-corrected chi connectivity index (χ4v) is 13.0. The van der Waals surface area contributed by atoms with E-state index in [1.54, 1.807) is 0 Å². The maximum atomic E-state index is 7.62. The molecule has 1 aromatic heterocycles. The topological polar surface area (TPSA) is 25.6 Å². The number of para-hydroxylation sites is 1. The monoisotopic (exact) mass is 941 g/mol. The summed E-state index contributed by atoms with van der Waals surface area (Å²) < 4.78 is 14.6. The molecule has 344 valence electrons. The van der Waals surface area contributed by atoms with Gasteiger partial charge in [0.25, 0.3) is 0 Å². The van der Waals surface area contributed by atoms with Crippen molar-refractivity contribution >= 4 is 82.1 Å². The highest BCUT2D eigenvalue weighted by Crippen LogP contribution is 2.67. The van der Waals surface area contributed by atoms with E-state index in [9.17, 15) is 0 Å². The summed E-state index contributed by atoms with van der Waals surface area (Å²) in [6, 6.07) is 95.0. The first-order valence-corrected chi connectivity index (χ1v) is 25.5. The van der Waals surface area contributed by atoms with Crippen molar-refractivity contribution in [3.8, 4) is 44.9 Å². The molecule has 2 aliphatic rings. The number of benzene rings is 13. The Bertz CT molecular complexity index is 4500. The third kappa shape index (κ3) is 5.66. The van der Waals surface area contributed by atoms with Crippen LogP contribution in [0.15, 0.2) is 265 Å². The number of ether oxygens (including phenoxy) is 1. The minimum absolute atomic E-state index is 0.767. The maximum absolute atomic E-state index is 7.62. The molecule has 74 heavy (non-hydrogen) atoms. The molecule has 0 fully saturated rings. The highest BCUT2D eigenvalue weighted by molar-refractivity contribution is 6.19. The third-order valence-corrected chi connectivity index (χ3v) is 16.1. The van der Waals surface area contributed by atoms with E-state index in [0.717, 1.165) is 72.4 Å². The summed E-state index contributed by atoms with van der Waals surface area (Å²) in [6.07, 6.45) is 0. The van der Waals surface area contributed by atoms with Gasteiger partial charge in [-0.05, 0) is 131 Å². The molecule has 1 aliphatic carbocycles. The maximum Gasteiger partial charge on any atom is 0.140 e. The van der Waals surface area contributed by atoms with Crippen molar-refractivity contribution in [2.45, 2.75) is 5.41 Å². The molecule has 3 nitrogen and oxygen atoms in total. The van der Waals surface area contributed by atoms with E-state index >= 15 is 0 Å². The van der Waals surface area contributed by atoms with Crippen molar-refractivity contribution in [2.75, 3.05) is 4.90 Å². The Morgan fingerprint density at radius 1 is 0.297 bits per heavy atom. The van der Waals surface area contributed by atoms with E-state index in [-0.39, 0.29) is 0 Å². The van der Waals surface area contributed by atoms with Crippen LogP contribution >= 0.6 is 0 Å². The molecule has 0 radical (unpaired) electrons. The summed E-state index contributed by atoms with van der Waals surface area (Å²) in [6.45, 7) is 0. The Morgan fingerprint density at radius 2 is 0.784 bits per heavy atom. The van der Waals surface area contributed by atoms with Gasteiger partial charge in [0.15, 0.2) is 0 Å². The molecule has 0 saturated carbocycles. The fourth-order valence-electron chi connectivity index (χ4n) is 13.0. The molecular weight excluding hydrogens is 899 g/mol. The average molecular weight is 942 g/mol. The Labute approximate surface area is 427 Å². The number of hydrogen-bond donors (Lipinski definition) is 0. The molecule has 0 N–H and O–H groups in total. The van der Waals surface area contributed by atoms with Crippen LogP contribution in [0.4, 0.5) is 17.1 Å². The third-order valence-electron chi connectivity index (χ3n) is 16.1. The van der Waals surface area contributed by atoms with Gasteiger partial charge in [-0.2, -0.15) is 0 Å². The van der Waals surface area contributed by atoms with Crippen molar-refractivity contribution in [1.29, 1.82) is 0 Å². The molecule has 1 aliphatic heterocycles. The van der Waals surface area contributed by atoms with Crippen LogP contribution in [0, 0.1) is 0 Å². The van der Waals surface area contributed by atoms with Crippen LogP contribution in [-0.2, 0) is 5.41 Å². The molecule has 0 bridgehead atoms. The van der Waals surface area contributed by atoms with Crippen LogP contribution < -0.4 is 9.64 Å². The van der Waals surface area contributed by atoms with E-state index in [1.165, 1.54) is 76.8 Å². The smallest absolute Gasteiger partial charge is 0.140 e. The molecule has 2 heterocycles. The number of fused-ring (bicyclic) bond motifs is 22. The Balaban J connectivity index is 0.938. The standard InChI is InChI=1S/C71H43NO2/c1-3-18-44(19-4-1)45-34-38-49(39-35-45)72(48-20-5-2-6-21-48)63-32-17-33-64-66(63)60-41-37-47(43-65(60)73-64)46-36-40-55-54-26-15-16-31-61(54)71(62(55)42-46)67-56-27-11-7-22-50(56)52-24-9-13-29-58(52)69(67)74-70-59-30-14-10-25-53(59)51-23-8-12-28-57(51)68(70)71/h1-43H. The van der Waals surface area contributed by atoms with Gasteiger partial charge in [-0.25, -0.2) is 0 Å². The quantitative estimate of drug-likeness (QED) is 0.161. The van der Waals surface area contributed by atoms with Gasteiger partial charge in [0.05, 0.1) is 16.5 Å². The van der Waals surface area contributed by atoms with Crippen molar-refractivity contribution in [2.24, 2.45) is 0 Å². The summed E-state index contributed by atoms with van der Waals surface area (Å²) in [5.41, 5.74) is 16.0. The first-order valence-electron chi connectivity index (χ1n) is 25.5. The molecule has 1 spiro atoms. The fraction of sp³-hybridized carbons (Fsp3) is 0.0141. The molecule has 16 rings (SSSR count). The van der Waals surface area contributed by atoms with Gasteiger partial charge in [-0.3, -0.25) is 0 Å². The normalized spacial score (nSPS) is 13.1. The van der Waals surface area contributed by atoms with Crippen molar-refractivity contribution in [1.82, 2.24) is 0 Å². The lowest BCUT2D eigenvalue weighted by molar-refractivity contribution is 0.451. The highest BCUT2D eigenvalue weighted by atomic mass is 16.5. The second-order valence-electron chi connectivity index (χ2n) is 19.8. The van der Waals surface area contributed by atoms with E-state index in [2.05, 4.69) is 266 Å². The Morgan fingerprint density at radius 3 is 1.45 bits per heavy atom. The zero-order chi connectivity index (χ0) is 48.5. The molecular formula is C71H43NO2. The van der Waals surface area contributed by atoms with Crippen molar-refractivity contribution in [3.05, 3.63) is 283 Å². The van der Waals surface area contributed by atoms with Gasteiger partial charge in [0.1, 0.15) is 22.7 Å². The SMILES string of the molecule is c1ccc(-c2ccc(N(c3ccccc3)c3cccc4oc5cc(-c6ccc7c(c6)C6(c8ccccc8-7)c7c(c8ccccc8c8ccccc78)Oc7c6c6ccccc6c6ccccc76)ccc5c34)cc2)cc1. The van der Waals surface area contributed by atoms with E-state index in [1.807, 2.05) is 0 Å². The van der Waals surface area contributed by atoms with Gasteiger partial charge >= 0.3 is 0 Å². The van der Waals surface area contributed by atoms with E-state index < -0.39 is 5.41 Å². The van der Waals surface area contributed by atoms with Crippen LogP contribution in [0.1, 0.15) is 22.3 Å². The summed E-state index contributed by atoms with van der Waals surface area (Å²) in [7, 11) is 0. The second-order valence-corrected chi connectivity index (χ2v) is 19.8. The predicted octanol–water partition coefficient (Wildman–Crippen LogP) is 19.5. The largest absolute Gasteiger partial charge is 0.456 e. The van der Waals surface area contributed by atoms with Crippen LogP contribution in [0.25, 0.3) is 98.4 Å². The molecule has 0 unspecified atom stereocenters. The predicted molar refractivity (Wildman–Crippen MR) is 307 cm³/mol. The van der Waals surface area contributed by atoms with Crippen LogP contribution in [0.2, 0.25) is 0 Å². The summed E-state index contributed by atoms with van der Waals surface area (Å²) in [5.74, 6) is 1.83. The van der Waals surface area contributed by atoms with E-state index in [4.69, 9.17) is 9.15 Å². The molecule has 0 saturated heterocycles. The Hall–Kier alpha value is -9.70. The average Bonchev–Trinajstić information content (AvgIpc) is 3.99. The van der Waals surface area contributed by atoms with Gasteiger partial charge in [-0.1, -0.05) is 206 Å². The minimum Gasteiger partial charge on any atom is -0.456 e. The second kappa shape index (κ2) is 15.6. The first kappa shape index (κ1) is 41.0. The molecule has 3 heteroatoms. The number of rotatable bonds is 5. The van der Waals surface area contributed by atoms with Crippen molar-refractivity contribution in [3.63, 3.8) is 0 Å². The summed E-state index contributed by atoms with van der Waals surface area (Å²) >= 11 is 0. The van der Waals surface area contributed by atoms with Gasteiger partial charge in [0, 0.05) is 38.7 Å². The minimum atomic E-state index is -0.767. The molecule has 13 aromatic carbocycles. The van der Waals surface area contributed by atoms with Gasteiger partial charge in [-0.15, -0.1) is 0 Å². The summed E-state index contributed by atoms with van der Waals surface area (Å²) in [5, 5.41) is 11.5. The van der Waals surface area contributed by atoms with Crippen LogP contribution in [0.3, 0.4) is 0 Å². The van der Waals surface area contributed by atoms with Crippen LogP contribution in [-0.4, -0.2) is 0 Å². The molecule has 14 aromatic rings. The lowest BCUT2D eigenvalue weighted by atomic mass is 9.62. The van der Waals surface area contributed by atoms with Crippen molar-refractivity contribution < 1.29 is 9.15 Å². The van der Waals surface area contributed by atoms with E-state index in [0.29, 0.717) is 0 Å². The number of nitrogens with zero attached hydrogens (tertiary/aromatic N) is 1. The zero-order valence-electron chi connectivity index (χ0n) is 40.1. The van der Waals surface area contributed by atoms with Gasteiger partial charge in [0.2, 0.25) is 0 Å². The molecule has 0 amide bonds. The molecule has 0 atom stereocenters. The van der Waals surface area contributed by atoms with Gasteiger partial charge < -0.3 is 14.1 Å². The number of furan rings is 1.